The van der Waals surface area contributed by atoms with Crippen LogP contribution in [0.5, 0.6) is 0 Å². The smallest absolute Gasteiger partial charge is 0.159 e. The first-order valence-corrected chi connectivity index (χ1v) is 13.3. The number of nitrogens with two attached hydrogens (primary N) is 1. The molecule has 3 N–H and O–H groups in total. The van der Waals surface area contributed by atoms with Crippen molar-refractivity contribution >= 4 is 18.2 Å². The predicted octanol–water partition coefficient (Wildman–Crippen LogP) is 6.46. The van der Waals surface area contributed by atoms with Crippen LogP contribution in [-0.2, 0) is 4.79 Å². The van der Waals surface area contributed by atoms with Crippen molar-refractivity contribution in [2.75, 3.05) is 0 Å². The van der Waals surface area contributed by atoms with E-state index in [1.54, 1.807) is 0 Å². The van der Waals surface area contributed by atoms with Gasteiger partial charge in [0, 0.05) is 11.5 Å². The molecule has 0 spiro atoms. The quantitative estimate of drug-likeness (QED) is 0.420. The van der Waals surface area contributed by atoms with E-state index in [2.05, 4.69) is 54.5 Å². The first-order valence-electron chi connectivity index (χ1n) is 13.3. The molecule has 33 heavy (non-hydrogen) atoms. The number of rotatable bonds is 0. The number of aliphatic hydroxyl groups excluding tert-OH is 1. The van der Waals surface area contributed by atoms with Crippen molar-refractivity contribution < 1.29 is 9.90 Å². The minimum atomic E-state index is -0.259. The summed E-state index contributed by atoms with van der Waals surface area (Å²) in [5.41, 5.74) is 8.22. The van der Waals surface area contributed by atoms with Gasteiger partial charge in [-0.2, -0.15) is 0 Å². The molecular formula is C29H48ClNO2. The number of halogens is 1. The number of allylic oxidation sites excluding steroid dienone is 2. The molecule has 0 radical (unpaired) electrons. The molecule has 188 valence electrons. The number of hydrogen-bond acceptors (Lipinski definition) is 3. The van der Waals surface area contributed by atoms with Crippen LogP contribution in [0.15, 0.2) is 11.6 Å². The van der Waals surface area contributed by atoms with Crippen LogP contribution in [0.25, 0.3) is 0 Å². The lowest BCUT2D eigenvalue weighted by atomic mass is 9.33. The Morgan fingerprint density at radius 1 is 0.909 bits per heavy atom. The zero-order valence-corrected chi connectivity index (χ0v) is 22.9. The summed E-state index contributed by atoms with van der Waals surface area (Å²) in [5.74, 6) is 1.27. The van der Waals surface area contributed by atoms with Crippen molar-refractivity contribution in [3.8, 4) is 0 Å². The van der Waals surface area contributed by atoms with E-state index in [1.165, 1.54) is 24.8 Å². The van der Waals surface area contributed by atoms with Gasteiger partial charge in [-0.15, -0.1) is 12.4 Å². The minimum Gasteiger partial charge on any atom is -0.393 e. The first kappa shape index (κ1) is 25.7. The average Bonchev–Trinajstić information content (AvgIpc) is 2.68. The molecule has 5 rings (SSSR count). The lowest BCUT2D eigenvalue weighted by molar-refractivity contribution is -0.201. The fourth-order valence-electron chi connectivity index (χ4n) is 10.2. The number of hydrogen-bond donors (Lipinski definition) is 2. The molecule has 0 saturated heterocycles. The maximum atomic E-state index is 14.2. The summed E-state index contributed by atoms with van der Waals surface area (Å²) in [6.45, 7) is 16.6. The lowest BCUT2D eigenvalue weighted by Gasteiger charge is -2.70. The number of ketones is 1. The molecule has 0 aliphatic heterocycles. The summed E-state index contributed by atoms with van der Waals surface area (Å²) in [4.78, 5) is 14.2. The zero-order chi connectivity index (χ0) is 23.5. The molecule has 0 aromatic carbocycles. The second-order valence-corrected chi connectivity index (χ2v) is 14.7. The molecule has 0 aromatic heterocycles. The van der Waals surface area contributed by atoms with E-state index in [9.17, 15) is 9.90 Å². The molecule has 5 aliphatic carbocycles. The Bertz CT molecular complexity index is 879. The van der Waals surface area contributed by atoms with Gasteiger partial charge in [-0.1, -0.05) is 47.1 Å². The van der Waals surface area contributed by atoms with Gasteiger partial charge in [0.2, 0.25) is 0 Å². The van der Waals surface area contributed by atoms with Gasteiger partial charge < -0.3 is 10.8 Å². The summed E-state index contributed by atoms with van der Waals surface area (Å²) in [7, 11) is 0. The number of carbonyl (C=O) groups excluding carboxylic acids is 1. The molecule has 4 fully saturated rings. The average molecular weight is 478 g/mol. The van der Waals surface area contributed by atoms with E-state index < -0.39 is 0 Å². The van der Waals surface area contributed by atoms with Crippen molar-refractivity contribution in [3.63, 3.8) is 0 Å². The van der Waals surface area contributed by atoms with Gasteiger partial charge >= 0.3 is 0 Å². The molecule has 3 nitrogen and oxygen atoms in total. The van der Waals surface area contributed by atoms with Gasteiger partial charge in [0.25, 0.3) is 0 Å². The van der Waals surface area contributed by atoms with Crippen LogP contribution < -0.4 is 5.73 Å². The molecule has 4 saturated carbocycles. The van der Waals surface area contributed by atoms with Crippen LogP contribution in [0.3, 0.4) is 0 Å². The van der Waals surface area contributed by atoms with Crippen LogP contribution in [0.2, 0.25) is 0 Å². The summed E-state index contributed by atoms with van der Waals surface area (Å²) >= 11 is 0. The summed E-state index contributed by atoms with van der Waals surface area (Å²) in [6.07, 6.45) is 11.6. The first-order chi connectivity index (χ1) is 14.6. The molecule has 0 amide bonds. The summed E-state index contributed by atoms with van der Waals surface area (Å²) in [6, 6.07) is 0. The van der Waals surface area contributed by atoms with Crippen molar-refractivity contribution in [3.05, 3.63) is 11.6 Å². The Hall–Kier alpha value is -0.380. The monoisotopic (exact) mass is 477 g/mol. The molecular weight excluding hydrogens is 430 g/mol. The van der Waals surface area contributed by atoms with E-state index in [1.807, 2.05) is 0 Å². The normalized spacial score (nSPS) is 55.2. The molecule has 0 bridgehead atoms. The molecule has 0 aromatic rings. The van der Waals surface area contributed by atoms with Crippen molar-refractivity contribution in [1.29, 1.82) is 0 Å². The zero-order valence-electron chi connectivity index (χ0n) is 22.1. The highest BCUT2D eigenvalue weighted by molar-refractivity contribution is 5.95. The standard InChI is InChI=1S/C29H47NO2.ClH/c1-24(2)21-8-11-29(7)23(27(21,5)10-9-22(24)32)20(31)16-18-19-17-26(4,30)14-12-25(19,3)13-15-28(18,29)6;/h16,19,21-23,32H,8-15,17,30H2,1-7H3;1H/t19-,21-,22-,23+,25+,26-,27-,28+,29+;/m0./s1. The maximum absolute atomic E-state index is 14.2. The second-order valence-electron chi connectivity index (χ2n) is 14.7. The highest BCUT2D eigenvalue weighted by atomic mass is 35.5. The molecule has 0 heterocycles. The van der Waals surface area contributed by atoms with Gasteiger partial charge in [0.15, 0.2) is 5.78 Å². The lowest BCUT2D eigenvalue weighted by Crippen LogP contribution is -2.66. The SMILES string of the molecule is CC1(C)[C@@H](O)CC[C@]2(C)[C@H]3C(=O)C=C4[C@@H]5C[C@@](C)(N)CC[C@]5(C)CC[C@@]4(C)[C@]3(C)CC[C@@H]12.Cl. The number of aliphatic hydroxyl groups is 1. The van der Waals surface area contributed by atoms with E-state index in [4.69, 9.17) is 5.73 Å². The largest absolute Gasteiger partial charge is 0.393 e. The number of fused-ring (bicyclic) bond motifs is 7. The molecule has 0 unspecified atom stereocenters. The van der Waals surface area contributed by atoms with Crippen LogP contribution in [0, 0.1) is 44.8 Å². The Morgan fingerprint density at radius 2 is 1.55 bits per heavy atom. The van der Waals surface area contributed by atoms with Crippen molar-refractivity contribution in [2.45, 2.75) is 118 Å². The predicted molar refractivity (Wildman–Crippen MR) is 137 cm³/mol. The molecule has 4 heteroatoms. The third-order valence-corrected chi connectivity index (χ3v) is 12.6. The van der Waals surface area contributed by atoms with Gasteiger partial charge in [0.1, 0.15) is 0 Å². The highest BCUT2D eigenvalue weighted by Crippen LogP contribution is 2.74. The van der Waals surface area contributed by atoms with Crippen molar-refractivity contribution in [2.24, 2.45) is 50.6 Å². The Labute approximate surface area is 208 Å². The number of carbonyl (C=O) groups is 1. The summed E-state index contributed by atoms with van der Waals surface area (Å²) < 4.78 is 0. The fraction of sp³-hybridized carbons (Fsp3) is 0.897. The van der Waals surface area contributed by atoms with E-state index in [0.717, 1.165) is 38.5 Å². The third-order valence-electron chi connectivity index (χ3n) is 12.6. The van der Waals surface area contributed by atoms with Gasteiger partial charge in [-0.25, -0.2) is 0 Å². The molecule has 5 aliphatic rings. The Kier molecular flexibility index (Phi) is 5.71. The van der Waals surface area contributed by atoms with Gasteiger partial charge in [-0.05, 0) is 110 Å². The van der Waals surface area contributed by atoms with Gasteiger partial charge in [-0.3, -0.25) is 4.79 Å². The second kappa shape index (κ2) is 7.32. The van der Waals surface area contributed by atoms with Crippen LogP contribution in [0.4, 0.5) is 0 Å². The topological polar surface area (TPSA) is 63.3 Å². The van der Waals surface area contributed by atoms with E-state index in [-0.39, 0.29) is 57.0 Å². The van der Waals surface area contributed by atoms with Gasteiger partial charge in [0.05, 0.1) is 6.10 Å². The van der Waals surface area contributed by atoms with Crippen LogP contribution in [0.1, 0.15) is 106 Å². The van der Waals surface area contributed by atoms with E-state index in [0.29, 0.717) is 17.6 Å². The Morgan fingerprint density at radius 3 is 2.21 bits per heavy atom. The molecule has 9 atom stereocenters. The van der Waals surface area contributed by atoms with Crippen molar-refractivity contribution in [1.82, 2.24) is 0 Å². The van der Waals surface area contributed by atoms with Crippen LogP contribution in [-0.4, -0.2) is 22.5 Å². The van der Waals surface area contributed by atoms with Crippen LogP contribution >= 0.6 is 12.4 Å². The third kappa shape index (κ3) is 3.17. The summed E-state index contributed by atoms with van der Waals surface area (Å²) in [5, 5.41) is 10.9. The minimum absolute atomic E-state index is 0. The van der Waals surface area contributed by atoms with E-state index >= 15 is 0 Å². The Balaban J connectivity index is 0.00000259. The highest BCUT2D eigenvalue weighted by Gasteiger charge is 2.69. The maximum Gasteiger partial charge on any atom is 0.159 e. The fourth-order valence-corrected chi connectivity index (χ4v) is 10.2.